The number of rotatable bonds is 7. The number of alkyl halides is 3. The Bertz CT molecular complexity index is 1180. The molecule has 4 aliphatic rings. The summed E-state index contributed by atoms with van der Waals surface area (Å²) in [7, 11) is 0. The summed E-state index contributed by atoms with van der Waals surface area (Å²) in [6.45, 7) is 8.70. The van der Waals surface area contributed by atoms with Gasteiger partial charge in [0.15, 0.2) is 6.29 Å². The van der Waals surface area contributed by atoms with E-state index in [1.807, 2.05) is 0 Å². The monoisotopic (exact) mass is 533 g/mol. The van der Waals surface area contributed by atoms with Crippen molar-refractivity contribution in [3.05, 3.63) is 52.0 Å². The zero-order chi connectivity index (χ0) is 27.1. The van der Waals surface area contributed by atoms with Crippen molar-refractivity contribution in [2.24, 2.45) is 0 Å². The predicted molar refractivity (Wildman–Crippen MR) is 135 cm³/mol. The number of halogens is 3. The summed E-state index contributed by atoms with van der Waals surface area (Å²) in [6, 6.07) is 3.64. The van der Waals surface area contributed by atoms with Crippen LogP contribution in [0.5, 0.6) is 0 Å². The Hall–Kier alpha value is -2.76. The Labute approximate surface area is 220 Å². The minimum Gasteiger partial charge on any atom is -0.363 e. The highest BCUT2D eigenvalue weighted by Crippen LogP contribution is 2.37. The Balaban J connectivity index is 1.43. The molecule has 2 bridgehead atoms. The summed E-state index contributed by atoms with van der Waals surface area (Å²) in [5.41, 5.74) is 0.800. The van der Waals surface area contributed by atoms with Crippen molar-refractivity contribution in [2.75, 3.05) is 38.2 Å². The normalized spacial score (nSPS) is 24.4. The quantitative estimate of drug-likeness (QED) is 0.551. The van der Waals surface area contributed by atoms with Crippen molar-refractivity contribution in [3.63, 3.8) is 0 Å². The molecule has 0 aliphatic carbocycles. The van der Waals surface area contributed by atoms with Gasteiger partial charge in [-0.1, -0.05) is 12.1 Å². The van der Waals surface area contributed by atoms with Crippen molar-refractivity contribution in [1.29, 1.82) is 0 Å². The second kappa shape index (κ2) is 10.4. The fourth-order valence-electron chi connectivity index (χ4n) is 5.88. The van der Waals surface area contributed by atoms with Gasteiger partial charge >= 0.3 is 6.18 Å². The van der Waals surface area contributed by atoms with Crippen LogP contribution in [0, 0.1) is 13.8 Å². The summed E-state index contributed by atoms with van der Waals surface area (Å²) in [5, 5.41) is 6.55. The molecule has 38 heavy (non-hydrogen) atoms. The number of piperidine rings is 3. The Morgan fingerprint density at radius 2 is 1.79 bits per heavy atom. The summed E-state index contributed by atoms with van der Waals surface area (Å²) >= 11 is 0. The van der Waals surface area contributed by atoms with Gasteiger partial charge in [0.25, 0.3) is 0 Å². The van der Waals surface area contributed by atoms with E-state index in [0.29, 0.717) is 41.7 Å². The summed E-state index contributed by atoms with van der Waals surface area (Å²) in [5.74, 6) is 0.709. The number of benzene rings is 1. The molecule has 4 fully saturated rings. The number of anilines is 1. The van der Waals surface area contributed by atoms with Crippen LogP contribution in [0.3, 0.4) is 0 Å². The van der Waals surface area contributed by atoms with E-state index in [2.05, 4.69) is 25.5 Å². The minimum atomic E-state index is -4.45. The van der Waals surface area contributed by atoms with Crippen LogP contribution in [-0.2, 0) is 26.9 Å². The van der Waals surface area contributed by atoms with Crippen molar-refractivity contribution >= 4 is 11.7 Å². The smallest absolute Gasteiger partial charge is 0.363 e. The molecule has 1 aromatic carbocycles. The molecular weight excluding hydrogens is 499 g/mol. The molecule has 206 valence electrons. The molecule has 6 rings (SSSR count). The van der Waals surface area contributed by atoms with Crippen LogP contribution >= 0.6 is 0 Å². The lowest BCUT2D eigenvalue weighted by atomic mass is 9.80. The average molecular weight is 534 g/mol. The second-order valence-electron chi connectivity index (χ2n) is 10.5. The van der Waals surface area contributed by atoms with Gasteiger partial charge in [0.05, 0.1) is 42.5 Å². The van der Waals surface area contributed by atoms with E-state index in [-0.39, 0.29) is 23.4 Å². The largest absolute Gasteiger partial charge is 0.416 e. The number of carbonyl (C=O) groups is 1. The number of amides is 1. The van der Waals surface area contributed by atoms with Gasteiger partial charge in [-0.3, -0.25) is 4.79 Å². The van der Waals surface area contributed by atoms with Crippen molar-refractivity contribution < 1.29 is 27.4 Å². The molecule has 0 unspecified atom stereocenters. The number of aromatic nitrogens is 2. The first-order chi connectivity index (χ1) is 18.0. The molecule has 4 aliphatic heterocycles. The number of nitrogens with one attached hydrogen (secondary N) is 2. The Morgan fingerprint density at radius 3 is 2.42 bits per heavy atom. The predicted octanol–water partition coefficient (Wildman–Crippen LogP) is 4.23. The number of nitrogens with zero attached hydrogens (tertiary/aromatic N) is 3. The summed E-state index contributed by atoms with van der Waals surface area (Å²) in [4.78, 5) is 24.8. The van der Waals surface area contributed by atoms with E-state index >= 15 is 0 Å². The SMILES string of the molecule is Cc1nc(CC(=O)NC23CCN(CC2)CC3)c(C2OCCO2)c(N[C@H](C)c2cccc(C(F)(F)F)c2C)n1. The molecule has 1 atom stereocenters. The molecular formula is C27H34F3N5O3. The average Bonchev–Trinajstić information content (AvgIpc) is 3.38. The van der Waals surface area contributed by atoms with Gasteiger partial charge in [0.2, 0.25) is 5.91 Å². The molecule has 1 aromatic heterocycles. The summed E-state index contributed by atoms with van der Waals surface area (Å²) in [6.07, 6.45) is -2.39. The number of aryl methyl sites for hydroxylation is 1. The van der Waals surface area contributed by atoms with Crippen LogP contribution in [0.15, 0.2) is 18.2 Å². The van der Waals surface area contributed by atoms with E-state index in [1.54, 1.807) is 19.9 Å². The molecule has 1 amide bonds. The van der Waals surface area contributed by atoms with Crippen LogP contribution < -0.4 is 10.6 Å². The third kappa shape index (κ3) is 5.50. The molecule has 11 heteroatoms. The Kier molecular flexibility index (Phi) is 7.36. The topological polar surface area (TPSA) is 88.6 Å². The number of carbonyl (C=O) groups excluding carboxylic acids is 1. The molecule has 2 aromatic rings. The number of hydrogen-bond acceptors (Lipinski definition) is 7. The van der Waals surface area contributed by atoms with Crippen molar-refractivity contribution in [3.8, 4) is 0 Å². The molecule has 0 saturated carbocycles. The minimum absolute atomic E-state index is 0.0268. The van der Waals surface area contributed by atoms with Gasteiger partial charge in [0.1, 0.15) is 11.6 Å². The van der Waals surface area contributed by atoms with E-state index in [0.717, 1.165) is 45.0 Å². The van der Waals surface area contributed by atoms with Gasteiger partial charge < -0.3 is 25.0 Å². The van der Waals surface area contributed by atoms with Crippen LogP contribution in [0.1, 0.15) is 72.3 Å². The molecule has 0 radical (unpaired) electrons. The lowest BCUT2D eigenvalue weighted by Gasteiger charge is -2.48. The lowest BCUT2D eigenvalue weighted by Crippen LogP contribution is -2.61. The first-order valence-electron chi connectivity index (χ1n) is 13.1. The number of hydrogen-bond donors (Lipinski definition) is 2. The number of ether oxygens (including phenoxy) is 2. The van der Waals surface area contributed by atoms with Crippen LogP contribution in [0.2, 0.25) is 0 Å². The fourth-order valence-corrected chi connectivity index (χ4v) is 5.88. The molecule has 8 nitrogen and oxygen atoms in total. The number of fused-ring (bicyclic) bond motifs is 3. The highest BCUT2D eigenvalue weighted by molar-refractivity contribution is 5.80. The highest BCUT2D eigenvalue weighted by Gasteiger charge is 2.41. The standard InChI is InChI=1S/C27H34F3N5O3/c1-16-19(5-4-6-20(16)27(28,29)30)17(2)31-24-23(25-37-13-14-38-25)21(32-18(3)33-24)15-22(36)34-26-7-10-35(11-8-26)12-9-26/h4-6,17,25H,7-15H2,1-3H3,(H,34,36)(H,31,32,33)/t17-/m1/s1. The van der Waals surface area contributed by atoms with Crippen LogP contribution in [0.25, 0.3) is 0 Å². The van der Waals surface area contributed by atoms with Crippen LogP contribution in [0.4, 0.5) is 19.0 Å². The molecule has 2 N–H and O–H groups in total. The maximum absolute atomic E-state index is 13.5. The zero-order valence-electron chi connectivity index (χ0n) is 22.0. The van der Waals surface area contributed by atoms with Gasteiger partial charge in [-0.05, 0) is 57.2 Å². The first-order valence-corrected chi connectivity index (χ1v) is 13.1. The van der Waals surface area contributed by atoms with E-state index in [4.69, 9.17) is 9.47 Å². The maximum atomic E-state index is 13.5. The van der Waals surface area contributed by atoms with E-state index in [1.165, 1.54) is 13.0 Å². The Morgan fingerprint density at radius 1 is 1.13 bits per heavy atom. The molecule has 4 saturated heterocycles. The first kappa shape index (κ1) is 26.8. The van der Waals surface area contributed by atoms with Gasteiger partial charge in [-0.15, -0.1) is 0 Å². The third-order valence-corrected chi connectivity index (χ3v) is 7.95. The highest BCUT2D eigenvalue weighted by atomic mass is 19.4. The zero-order valence-corrected chi connectivity index (χ0v) is 22.0. The van der Waals surface area contributed by atoms with Gasteiger partial charge in [0, 0.05) is 25.2 Å². The van der Waals surface area contributed by atoms with Crippen molar-refractivity contribution in [2.45, 2.75) is 70.5 Å². The van der Waals surface area contributed by atoms with E-state index < -0.39 is 24.1 Å². The summed E-state index contributed by atoms with van der Waals surface area (Å²) < 4.78 is 52.1. The lowest BCUT2D eigenvalue weighted by molar-refractivity contribution is -0.138. The molecule has 0 spiro atoms. The van der Waals surface area contributed by atoms with Crippen molar-refractivity contribution in [1.82, 2.24) is 20.2 Å². The van der Waals surface area contributed by atoms with Gasteiger partial charge in [-0.25, -0.2) is 9.97 Å². The fraction of sp³-hybridized carbons (Fsp3) is 0.593. The van der Waals surface area contributed by atoms with E-state index in [9.17, 15) is 18.0 Å². The van der Waals surface area contributed by atoms with Gasteiger partial charge in [-0.2, -0.15) is 13.2 Å². The maximum Gasteiger partial charge on any atom is 0.416 e. The third-order valence-electron chi connectivity index (χ3n) is 7.95. The van der Waals surface area contributed by atoms with Crippen LogP contribution in [-0.4, -0.2) is 59.2 Å². The molecule has 5 heterocycles. The second-order valence-corrected chi connectivity index (χ2v) is 10.5.